The average molecular weight is 716 g/mol. The maximum Gasteiger partial charge on any atom is 0.123 e. The van der Waals surface area contributed by atoms with E-state index >= 15 is 0 Å². The molecule has 7 nitrogen and oxygen atoms in total. The van der Waals surface area contributed by atoms with Crippen molar-refractivity contribution in [1.82, 2.24) is 4.57 Å². The normalized spacial score (nSPS) is 11.1. The highest BCUT2D eigenvalue weighted by Crippen LogP contribution is 2.43. The minimum absolute atomic E-state index is 0.284. The highest BCUT2D eigenvalue weighted by Gasteiger charge is 2.20. The van der Waals surface area contributed by atoms with Crippen LogP contribution in [0.2, 0.25) is 0 Å². The minimum atomic E-state index is -0.284. The molecule has 0 unspecified atom stereocenters. The van der Waals surface area contributed by atoms with E-state index in [1.165, 1.54) is 12.1 Å². The number of hydrogen-bond acceptors (Lipinski definition) is 6. The number of halogens is 1. The summed E-state index contributed by atoms with van der Waals surface area (Å²) in [5.74, 6) is 2.82. The van der Waals surface area contributed by atoms with Crippen LogP contribution < -0.4 is 28.7 Å². The molecule has 0 fully saturated rings. The van der Waals surface area contributed by atoms with Crippen molar-refractivity contribution in [3.63, 3.8) is 0 Å². The third-order valence-electron chi connectivity index (χ3n) is 9.66. The Hall–Kier alpha value is -6.93. The molecule has 54 heavy (non-hydrogen) atoms. The van der Waals surface area contributed by atoms with Crippen LogP contribution >= 0.6 is 0 Å². The number of hydrogen-bond donors (Lipinski definition) is 0. The van der Waals surface area contributed by atoms with E-state index in [1.54, 1.807) is 28.4 Å². The van der Waals surface area contributed by atoms with Crippen molar-refractivity contribution in [2.24, 2.45) is 0 Å². The fourth-order valence-corrected chi connectivity index (χ4v) is 6.97. The van der Waals surface area contributed by atoms with E-state index in [2.05, 4.69) is 99.3 Å². The fourth-order valence-electron chi connectivity index (χ4n) is 6.97. The molecule has 0 amide bonds. The van der Waals surface area contributed by atoms with Gasteiger partial charge in [0, 0.05) is 50.6 Å². The summed E-state index contributed by atoms with van der Waals surface area (Å²) in [7, 11) is 6.67. The lowest BCUT2D eigenvalue weighted by Gasteiger charge is -2.26. The summed E-state index contributed by atoms with van der Waals surface area (Å²) >= 11 is 0. The van der Waals surface area contributed by atoms with Crippen molar-refractivity contribution in [3.8, 4) is 28.7 Å². The first-order valence-corrected chi connectivity index (χ1v) is 17.5. The average Bonchev–Trinajstić information content (AvgIpc) is 3.55. The first-order valence-electron chi connectivity index (χ1n) is 17.5. The molecule has 0 saturated heterocycles. The van der Waals surface area contributed by atoms with Crippen molar-refractivity contribution < 1.29 is 23.3 Å². The van der Waals surface area contributed by atoms with E-state index in [9.17, 15) is 4.39 Å². The van der Waals surface area contributed by atoms with Gasteiger partial charge in [0.25, 0.3) is 0 Å². The zero-order chi connectivity index (χ0) is 37.2. The van der Waals surface area contributed by atoms with Crippen molar-refractivity contribution in [3.05, 3.63) is 164 Å². The summed E-state index contributed by atoms with van der Waals surface area (Å²) in [4.78, 5) is 4.43. The second-order valence-corrected chi connectivity index (χ2v) is 12.7. The van der Waals surface area contributed by atoms with Crippen LogP contribution in [0.5, 0.6) is 23.0 Å². The quantitative estimate of drug-likeness (QED) is 0.133. The van der Waals surface area contributed by atoms with Crippen LogP contribution in [-0.2, 0) is 0 Å². The number of methoxy groups -OCH3 is 4. The number of benzene rings is 7. The van der Waals surface area contributed by atoms with E-state index < -0.39 is 0 Å². The summed E-state index contributed by atoms with van der Waals surface area (Å²) in [5.41, 5.74) is 8.63. The smallest absolute Gasteiger partial charge is 0.123 e. The Labute approximate surface area is 313 Å². The molecule has 7 aromatic carbocycles. The van der Waals surface area contributed by atoms with Crippen LogP contribution in [0.25, 0.3) is 27.5 Å². The highest BCUT2D eigenvalue weighted by molar-refractivity contribution is 6.12. The summed E-state index contributed by atoms with van der Waals surface area (Å²) in [6, 6.07) is 51.7. The van der Waals surface area contributed by atoms with E-state index in [1.807, 2.05) is 60.7 Å². The van der Waals surface area contributed by atoms with Crippen molar-refractivity contribution in [1.29, 1.82) is 0 Å². The van der Waals surface area contributed by atoms with Gasteiger partial charge >= 0.3 is 0 Å². The molecular weight excluding hydrogens is 678 g/mol. The molecule has 1 heterocycles. The van der Waals surface area contributed by atoms with Gasteiger partial charge in [-0.05, 0) is 158 Å². The van der Waals surface area contributed by atoms with Crippen LogP contribution in [0, 0.1) is 5.82 Å². The van der Waals surface area contributed by atoms with Crippen LogP contribution in [0.4, 0.5) is 38.5 Å². The molecule has 8 rings (SSSR count). The lowest BCUT2D eigenvalue weighted by atomic mass is 10.1. The second kappa shape index (κ2) is 14.6. The van der Waals surface area contributed by atoms with Crippen molar-refractivity contribution >= 4 is 55.9 Å². The van der Waals surface area contributed by atoms with E-state index in [-0.39, 0.29) is 5.82 Å². The monoisotopic (exact) mass is 715 g/mol. The minimum Gasteiger partial charge on any atom is -0.497 e. The van der Waals surface area contributed by atoms with Crippen molar-refractivity contribution in [2.75, 3.05) is 38.2 Å². The van der Waals surface area contributed by atoms with Gasteiger partial charge in [0.2, 0.25) is 0 Å². The molecule has 268 valence electrons. The largest absolute Gasteiger partial charge is 0.497 e. The number of aromatic nitrogens is 1. The topological polar surface area (TPSA) is 48.3 Å². The maximum atomic E-state index is 14.2. The summed E-state index contributed by atoms with van der Waals surface area (Å²) < 4.78 is 38.4. The lowest BCUT2D eigenvalue weighted by Crippen LogP contribution is -2.10. The van der Waals surface area contributed by atoms with Gasteiger partial charge in [-0.25, -0.2) is 4.39 Å². The van der Waals surface area contributed by atoms with Crippen LogP contribution in [0.1, 0.15) is 0 Å². The van der Waals surface area contributed by atoms with E-state index in [4.69, 9.17) is 18.9 Å². The Balaban J connectivity index is 1.36. The molecule has 0 atom stereocenters. The molecule has 0 bridgehead atoms. The van der Waals surface area contributed by atoms with Crippen LogP contribution in [0.3, 0.4) is 0 Å². The SMILES string of the molecule is COc1ccc(N(c2ccc(OC)cc2)c2ccc3c(c2)c2cc(N(c4ccc(OC)cc4)c4ccc(OC)cc4)ccc2n3-c2ccc(F)cc2)cc1. The van der Waals surface area contributed by atoms with Gasteiger partial charge in [-0.1, -0.05) is 0 Å². The first-order chi connectivity index (χ1) is 26.5. The zero-order valence-electron chi connectivity index (χ0n) is 30.4. The highest BCUT2D eigenvalue weighted by atomic mass is 19.1. The van der Waals surface area contributed by atoms with Gasteiger partial charge in [-0.3, -0.25) is 0 Å². The van der Waals surface area contributed by atoms with Gasteiger partial charge < -0.3 is 33.3 Å². The predicted octanol–water partition coefficient (Wildman–Crippen LogP) is 11.9. The number of nitrogens with zero attached hydrogens (tertiary/aromatic N) is 3. The van der Waals surface area contributed by atoms with Crippen LogP contribution in [0.15, 0.2) is 158 Å². The van der Waals surface area contributed by atoms with Gasteiger partial charge in [0.05, 0.1) is 39.5 Å². The Morgan fingerprint density at radius 2 is 0.667 bits per heavy atom. The Kier molecular flexibility index (Phi) is 9.24. The third-order valence-corrected chi connectivity index (χ3v) is 9.66. The Morgan fingerprint density at radius 3 is 0.963 bits per heavy atom. The molecule has 0 N–H and O–H groups in total. The van der Waals surface area contributed by atoms with Crippen LogP contribution in [-0.4, -0.2) is 33.0 Å². The molecule has 0 spiro atoms. The molecule has 0 radical (unpaired) electrons. The van der Waals surface area contributed by atoms with E-state index in [0.29, 0.717) is 0 Å². The number of rotatable bonds is 11. The molecule has 0 saturated carbocycles. The molecule has 1 aromatic heterocycles. The zero-order valence-corrected chi connectivity index (χ0v) is 30.4. The van der Waals surface area contributed by atoms with Gasteiger partial charge in [0.15, 0.2) is 0 Å². The summed E-state index contributed by atoms with van der Waals surface area (Å²) in [6.45, 7) is 0. The van der Waals surface area contributed by atoms with Gasteiger partial charge in [0.1, 0.15) is 28.8 Å². The molecule has 8 aromatic rings. The lowest BCUT2D eigenvalue weighted by molar-refractivity contribution is 0.414. The first kappa shape index (κ1) is 34.2. The second-order valence-electron chi connectivity index (χ2n) is 12.7. The Morgan fingerprint density at radius 1 is 0.370 bits per heavy atom. The molecule has 0 aliphatic heterocycles. The number of anilines is 6. The van der Waals surface area contributed by atoms with Crippen molar-refractivity contribution in [2.45, 2.75) is 0 Å². The third kappa shape index (κ3) is 6.39. The standard InChI is InChI=1S/C46H38FN3O4/c1-51-39-19-9-32(10-20-39)48(33-11-21-40(52-2)22-12-33)37-17-27-45-43(29-37)44-30-38(18-28-46(44)50(45)36-7-5-31(47)6-8-36)49(34-13-23-41(53-3)24-14-34)35-15-25-42(54-4)26-16-35/h5-30H,1-4H3. The fraction of sp³-hybridized carbons (Fsp3) is 0.0870. The molecular formula is C46H38FN3O4. The Bertz CT molecular complexity index is 2280. The summed E-state index contributed by atoms with van der Waals surface area (Å²) in [5, 5.41) is 2.07. The summed E-state index contributed by atoms with van der Waals surface area (Å²) in [6.07, 6.45) is 0. The molecule has 8 heteroatoms. The van der Waals surface area contributed by atoms with Gasteiger partial charge in [-0.15, -0.1) is 0 Å². The number of ether oxygens (including phenoxy) is 4. The number of fused-ring (bicyclic) bond motifs is 3. The van der Waals surface area contributed by atoms with E-state index in [0.717, 1.165) is 84.6 Å². The molecule has 0 aliphatic rings. The molecule has 0 aliphatic carbocycles. The van der Waals surface area contributed by atoms with Gasteiger partial charge in [-0.2, -0.15) is 0 Å². The predicted molar refractivity (Wildman–Crippen MR) is 216 cm³/mol. The maximum absolute atomic E-state index is 14.2.